The molecule has 0 unspecified atom stereocenters. The number of halogens is 6. The van der Waals surface area contributed by atoms with Crippen molar-refractivity contribution < 1.29 is 45.7 Å². The van der Waals surface area contributed by atoms with Crippen LogP contribution >= 0.6 is 11.8 Å². The number of alkyl halides is 6. The molecule has 0 spiro atoms. The molecule has 1 amide bonds. The Hall–Kier alpha value is -4.33. The van der Waals surface area contributed by atoms with Gasteiger partial charge in [0.2, 0.25) is 0 Å². The Balaban J connectivity index is 1.24. The first-order valence-corrected chi connectivity index (χ1v) is 14.0. The average Bonchev–Trinajstić information content (AvgIpc) is 3.35. The summed E-state index contributed by atoms with van der Waals surface area (Å²) in [5.41, 5.74) is -1.79. The fourth-order valence-electron chi connectivity index (χ4n) is 4.70. The summed E-state index contributed by atoms with van der Waals surface area (Å²) in [7, 11) is 1.33. The standard InChI is InChI=1S/C30H25F6N3O4S/c1-42-25-14-18(2-9-24(25)43-17-19-3-4-20(29(31,32)33)16-23(19)30(34,35)36)15-26-27(41)37-28(44-26)39-12-10-38(11-13-39)21-5-7-22(40)8-6-21/h2-9,14-16,40H,10-13,17H2,1H3. The largest absolute Gasteiger partial charge is 0.508 e. The molecule has 2 aliphatic rings. The molecule has 1 saturated heterocycles. The van der Waals surface area contributed by atoms with Gasteiger partial charge in [-0.15, -0.1) is 0 Å². The molecule has 14 heteroatoms. The topological polar surface area (TPSA) is 74.6 Å². The summed E-state index contributed by atoms with van der Waals surface area (Å²) < 4.78 is 90.3. The quantitative estimate of drug-likeness (QED) is 0.235. The van der Waals surface area contributed by atoms with Gasteiger partial charge < -0.3 is 24.4 Å². The molecule has 1 N–H and O–H groups in total. The second kappa shape index (κ2) is 12.3. The molecule has 0 bridgehead atoms. The second-order valence-electron chi connectivity index (χ2n) is 9.87. The van der Waals surface area contributed by atoms with Gasteiger partial charge in [0.15, 0.2) is 16.7 Å². The van der Waals surface area contributed by atoms with Crippen molar-refractivity contribution in [1.29, 1.82) is 0 Å². The maximum Gasteiger partial charge on any atom is 0.416 e. The number of aliphatic imine (C=N–C) groups is 1. The van der Waals surface area contributed by atoms with Gasteiger partial charge in [-0.25, -0.2) is 0 Å². The van der Waals surface area contributed by atoms with Crippen LogP contribution < -0.4 is 14.4 Å². The predicted octanol–water partition coefficient (Wildman–Crippen LogP) is 6.81. The van der Waals surface area contributed by atoms with Crippen LogP contribution in [0, 0.1) is 0 Å². The highest BCUT2D eigenvalue weighted by Crippen LogP contribution is 2.39. The van der Waals surface area contributed by atoms with E-state index in [4.69, 9.17) is 9.47 Å². The number of aromatic hydroxyl groups is 1. The molecule has 0 aliphatic carbocycles. The smallest absolute Gasteiger partial charge is 0.416 e. The number of thioether (sulfide) groups is 1. The lowest BCUT2D eigenvalue weighted by atomic mass is 10.0. The number of methoxy groups -OCH3 is 1. The number of carbonyl (C=O) groups is 1. The number of nitrogens with zero attached hydrogens (tertiary/aromatic N) is 3. The molecular weight excluding hydrogens is 612 g/mol. The summed E-state index contributed by atoms with van der Waals surface area (Å²) in [5, 5.41) is 10.1. The fraction of sp³-hybridized carbons (Fsp3) is 0.267. The lowest BCUT2D eigenvalue weighted by Crippen LogP contribution is -2.47. The number of benzene rings is 3. The van der Waals surface area contributed by atoms with Crippen LogP contribution in [0.2, 0.25) is 0 Å². The summed E-state index contributed by atoms with van der Waals surface area (Å²) in [5.74, 6) is 0.00454. The minimum absolute atomic E-state index is 0.0629. The van der Waals surface area contributed by atoms with E-state index in [0.29, 0.717) is 47.9 Å². The lowest BCUT2D eigenvalue weighted by molar-refractivity contribution is -0.143. The molecule has 232 valence electrons. The van der Waals surface area contributed by atoms with Gasteiger partial charge in [0.25, 0.3) is 5.91 Å². The van der Waals surface area contributed by atoms with Crippen LogP contribution in [0.5, 0.6) is 17.2 Å². The van der Waals surface area contributed by atoms with Crippen LogP contribution in [0.1, 0.15) is 22.3 Å². The maximum absolute atomic E-state index is 13.5. The van der Waals surface area contributed by atoms with E-state index in [1.54, 1.807) is 24.3 Å². The van der Waals surface area contributed by atoms with E-state index in [2.05, 4.69) is 9.89 Å². The highest BCUT2D eigenvalue weighted by atomic mass is 32.2. The van der Waals surface area contributed by atoms with Crippen molar-refractivity contribution in [1.82, 2.24) is 4.90 Å². The Morgan fingerprint density at radius 1 is 0.886 bits per heavy atom. The van der Waals surface area contributed by atoms with Crippen LogP contribution in [0.15, 0.2) is 70.6 Å². The lowest BCUT2D eigenvalue weighted by Gasteiger charge is -2.36. The number of ether oxygens (including phenoxy) is 2. The molecule has 7 nitrogen and oxygen atoms in total. The van der Waals surface area contributed by atoms with E-state index in [9.17, 15) is 36.2 Å². The van der Waals surface area contributed by atoms with Gasteiger partial charge in [-0.05, 0) is 71.9 Å². The SMILES string of the molecule is COc1cc(C=C2SC(N3CCN(c4ccc(O)cc4)CC3)=NC2=O)ccc1OCc1ccc(C(F)(F)F)cc1C(F)(F)F. The molecule has 44 heavy (non-hydrogen) atoms. The number of hydrogen-bond donors (Lipinski definition) is 1. The van der Waals surface area contributed by atoms with E-state index < -0.39 is 41.6 Å². The highest BCUT2D eigenvalue weighted by molar-refractivity contribution is 8.18. The Morgan fingerprint density at radius 2 is 1.57 bits per heavy atom. The number of piperazine rings is 1. The summed E-state index contributed by atoms with van der Waals surface area (Å²) in [6.07, 6.45) is -8.34. The minimum atomic E-state index is -5.02. The third kappa shape index (κ3) is 7.07. The van der Waals surface area contributed by atoms with E-state index >= 15 is 0 Å². The number of hydrogen-bond acceptors (Lipinski definition) is 7. The van der Waals surface area contributed by atoms with Gasteiger partial charge in [0, 0.05) is 37.4 Å². The maximum atomic E-state index is 13.5. The first-order chi connectivity index (χ1) is 20.8. The van der Waals surface area contributed by atoms with E-state index in [1.807, 2.05) is 17.0 Å². The van der Waals surface area contributed by atoms with Crippen molar-refractivity contribution >= 4 is 34.6 Å². The van der Waals surface area contributed by atoms with Crippen LogP contribution in [0.25, 0.3) is 6.08 Å². The fourth-order valence-corrected chi connectivity index (χ4v) is 5.66. The molecule has 0 saturated carbocycles. The van der Waals surface area contributed by atoms with Crippen molar-refractivity contribution in [3.8, 4) is 17.2 Å². The summed E-state index contributed by atoms with van der Waals surface area (Å²) >= 11 is 1.23. The van der Waals surface area contributed by atoms with Gasteiger partial charge >= 0.3 is 12.4 Å². The zero-order valence-electron chi connectivity index (χ0n) is 23.1. The van der Waals surface area contributed by atoms with E-state index in [0.717, 1.165) is 11.8 Å². The van der Waals surface area contributed by atoms with Crippen molar-refractivity contribution in [2.45, 2.75) is 19.0 Å². The third-order valence-corrected chi connectivity index (χ3v) is 8.03. The molecule has 2 heterocycles. The van der Waals surface area contributed by atoms with Gasteiger partial charge in [-0.2, -0.15) is 31.3 Å². The summed E-state index contributed by atoms with van der Waals surface area (Å²) in [6, 6.07) is 12.9. The highest BCUT2D eigenvalue weighted by Gasteiger charge is 2.38. The zero-order valence-corrected chi connectivity index (χ0v) is 23.9. The van der Waals surface area contributed by atoms with Gasteiger partial charge in [0.05, 0.1) is 23.1 Å². The molecule has 2 aliphatic heterocycles. The van der Waals surface area contributed by atoms with Crippen LogP contribution in [-0.4, -0.2) is 54.4 Å². The monoisotopic (exact) mass is 637 g/mol. The van der Waals surface area contributed by atoms with Crippen LogP contribution in [0.4, 0.5) is 32.0 Å². The average molecular weight is 638 g/mol. The molecule has 1 fully saturated rings. The number of amidine groups is 1. The van der Waals surface area contributed by atoms with Crippen molar-refractivity contribution in [2.75, 3.05) is 38.2 Å². The first-order valence-electron chi connectivity index (χ1n) is 13.2. The zero-order chi connectivity index (χ0) is 31.6. The predicted molar refractivity (Wildman–Crippen MR) is 154 cm³/mol. The Bertz CT molecular complexity index is 1600. The van der Waals surface area contributed by atoms with Crippen molar-refractivity contribution in [2.24, 2.45) is 4.99 Å². The minimum Gasteiger partial charge on any atom is -0.508 e. The molecule has 0 atom stereocenters. The van der Waals surface area contributed by atoms with Crippen molar-refractivity contribution in [3.63, 3.8) is 0 Å². The first kappa shape index (κ1) is 31.1. The number of rotatable bonds is 6. The molecule has 3 aromatic carbocycles. The Kier molecular flexibility index (Phi) is 8.73. The number of anilines is 1. The van der Waals surface area contributed by atoms with Crippen LogP contribution in [0.3, 0.4) is 0 Å². The van der Waals surface area contributed by atoms with Crippen molar-refractivity contribution in [3.05, 3.63) is 87.8 Å². The second-order valence-corrected chi connectivity index (χ2v) is 10.9. The van der Waals surface area contributed by atoms with E-state index in [-0.39, 0.29) is 23.3 Å². The number of phenolic OH excluding ortho intramolecular Hbond substituents is 1. The third-order valence-electron chi connectivity index (χ3n) is 6.99. The molecule has 0 aromatic heterocycles. The molecule has 3 aromatic rings. The number of phenols is 1. The van der Waals surface area contributed by atoms with E-state index in [1.165, 1.54) is 31.0 Å². The van der Waals surface area contributed by atoms with Crippen LogP contribution in [-0.2, 0) is 23.8 Å². The normalized spacial score (nSPS) is 16.8. The molecule has 0 radical (unpaired) electrons. The number of amides is 1. The van der Waals surface area contributed by atoms with Gasteiger partial charge in [-0.3, -0.25) is 4.79 Å². The Labute approximate surface area is 252 Å². The summed E-state index contributed by atoms with van der Waals surface area (Å²) in [6.45, 7) is 2.03. The molecular formula is C30H25F6N3O4S. The summed E-state index contributed by atoms with van der Waals surface area (Å²) in [4.78, 5) is 21.4. The van der Waals surface area contributed by atoms with Gasteiger partial charge in [-0.1, -0.05) is 12.1 Å². The van der Waals surface area contributed by atoms with Gasteiger partial charge in [0.1, 0.15) is 12.4 Å². The number of carbonyl (C=O) groups excluding carboxylic acids is 1. The molecule has 5 rings (SSSR count). The Morgan fingerprint density at radius 3 is 2.20 bits per heavy atom.